The van der Waals surface area contributed by atoms with Gasteiger partial charge in [0.1, 0.15) is 0 Å². The molecule has 0 spiro atoms. The lowest BCUT2D eigenvalue weighted by atomic mass is 10.1. The molecule has 1 aromatic rings. The normalized spacial score (nSPS) is 25.5. The Morgan fingerprint density at radius 1 is 1.36 bits per heavy atom. The fourth-order valence-electron chi connectivity index (χ4n) is 3.25. The van der Waals surface area contributed by atoms with Gasteiger partial charge in [0.25, 0.3) is 0 Å². The van der Waals surface area contributed by atoms with E-state index in [0.29, 0.717) is 0 Å². The Balaban J connectivity index is 2.05. The highest BCUT2D eigenvalue weighted by Gasteiger charge is 2.49. The molecule has 154 valence electrons. The average molecular weight is 455 g/mol. The summed E-state index contributed by atoms with van der Waals surface area (Å²) in [5, 5.41) is -0.611. The van der Waals surface area contributed by atoms with Gasteiger partial charge in [0.15, 0.2) is 15.0 Å². The van der Waals surface area contributed by atoms with Crippen molar-refractivity contribution in [2.75, 3.05) is 16.4 Å². The number of aliphatic imine (C=N–C) groups is 1. The van der Waals surface area contributed by atoms with Crippen molar-refractivity contribution in [2.24, 2.45) is 10.9 Å². The second kappa shape index (κ2) is 7.53. The molecule has 3 rings (SSSR count). The Bertz CT molecular complexity index is 932. The van der Waals surface area contributed by atoms with Crippen LogP contribution in [0.25, 0.3) is 0 Å². The van der Waals surface area contributed by atoms with Crippen molar-refractivity contribution in [3.8, 4) is 0 Å². The predicted molar refractivity (Wildman–Crippen MR) is 105 cm³/mol. The van der Waals surface area contributed by atoms with Gasteiger partial charge in [-0.25, -0.2) is 8.42 Å². The molecule has 0 saturated carbocycles. The summed E-state index contributed by atoms with van der Waals surface area (Å²) in [6.07, 6.45) is -4.47. The van der Waals surface area contributed by atoms with Crippen molar-refractivity contribution in [1.82, 2.24) is 0 Å². The first-order valence-electron chi connectivity index (χ1n) is 8.52. The molecule has 2 saturated heterocycles. The van der Waals surface area contributed by atoms with Crippen LogP contribution in [0.3, 0.4) is 0 Å². The molecule has 0 radical (unpaired) electrons. The van der Waals surface area contributed by atoms with Gasteiger partial charge in [0.05, 0.1) is 28.1 Å². The summed E-state index contributed by atoms with van der Waals surface area (Å²) in [5.41, 5.74) is -0.904. The number of hydrogen-bond donors (Lipinski definition) is 0. The molecule has 2 aliphatic rings. The third kappa shape index (κ3) is 4.49. The van der Waals surface area contributed by atoms with Crippen LogP contribution in [0, 0.1) is 5.92 Å². The minimum absolute atomic E-state index is 0.0731. The number of alkyl halides is 3. The Kier molecular flexibility index (Phi) is 5.77. The molecule has 0 aromatic heterocycles. The molecule has 2 heterocycles. The number of amides is 1. The highest BCUT2D eigenvalue weighted by atomic mass is 35.5. The Morgan fingerprint density at radius 3 is 2.64 bits per heavy atom. The van der Waals surface area contributed by atoms with Gasteiger partial charge in [-0.15, -0.1) is 0 Å². The maximum Gasteiger partial charge on any atom is 0.417 e. The van der Waals surface area contributed by atoms with Crippen LogP contribution in [0.5, 0.6) is 0 Å². The van der Waals surface area contributed by atoms with Crippen molar-refractivity contribution < 1.29 is 26.4 Å². The second-order valence-electron chi connectivity index (χ2n) is 7.22. The van der Waals surface area contributed by atoms with E-state index < -0.39 is 38.5 Å². The number of sulfone groups is 1. The molecule has 2 unspecified atom stereocenters. The molecular weight excluding hydrogens is 437 g/mol. The maximum atomic E-state index is 13.3. The molecule has 1 aromatic carbocycles. The fraction of sp³-hybridized carbons (Fsp3) is 0.529. The smallest absolute Gasteiger partial charge is 0.316 e. The number of hydrogen-bond acceptors (Lipinski definition) is 4. The molecule has 1 amide bonds. The van der Waals surface area contributed by atoms with Crippen LogP contribution < -0.4 is 4.90 Å². The quantitative estimate of drug-likeness (QED) is 0.690. The van der Waals surface area contributed by atoms with Gasteiger partial charge >= 0.3 is 6.18 Å². The molecule has 28 heavy (non-hydrogen) atoms. The minimum Gasteiger partial charge on any atom is -0.316 e. The summed E-state index contributed by atoms with van der Waals surface area (Å²) in [4.78, 5) is 17.7. The number of anilines is 1. The van der Waals surface area contributed by atoms with E-state index in [-0.39, 0.29) is 39.9 Å². The third-order valence-electron chi connectivity index (χ3n) is 4.40. The van der Waals surface area contributed by atoms with E-state index >= 15 is 0 Å². The maximum absolute atomic E-state index is 13.3. The van der Waals surface area contributed by atoms with Gasteiger partial charge in [-0.2, -0.15) is 18.2 Å². The summed E-state index contributed by atoms with van der Waals surface area (Å²) in [6, 6.07) is 2.80. The van der Waals surface area contributed by atoms with Crippen LogP contribution in [0.2, 0.25) is 5.02 Å². The number of benzene rings is 1. The lowest BCUT2D eigenvalue weighted by molar-refractivity contribution is -0.137. The SMILES string of the molecule is CC(C)CC(=O)N=C1SC2CS(=O)(=O)CC2N1c1ccc(Cl)c(C(F)(F)F)c1. The highest BCUT2D eigenvalue weighted by Crippen LogP contribution is 2.43. The molecule has 2 fully saturated rings. The Labute approximate surface area is 170 Å². The van der Waals surface area contributed by atoms with Gasteiger partial charge in [0.2, 0.25) is 5.91 Å². The van der Waals surface area contributed by atoms with Gasteiger partial charge in [-0.05, 0) is 24.1 Å². The number of carbonyl (C=O) groups is 1. The summed E-state index contributed by atoms with van der Waals surface area (Å²) >= 11 is 6.82. The van der Waals surface area contributed by atoms with E-state index in [2.05, 4.69) is 4.99 Å². The van der Waals surface area contributed by atoms with Gasteiger partial charge in [-0.1, -0.05) is 37.2 Å². The van der Waals surface area contributed by atoms with Gasteiger partial charge < -0.3 is 4.90 Å². The summed E-state index contributed by atoms with van der Waals surface area (Å²) in [6.45, 7) is 3.71. The number of fused-ring (bicyclic) bond motifs is 1. The molecule has 0 aliphatic carbocycles. The zero-order valence-electron chi connectivity index (χ0n) is 15.0. The van der Waals surface area contributed by atoms with E-state index in [4.69, 9.17) is 11.6 Å². The Morgan fingerprint density at radius 2 is 2.04 bits per heavy atom. The number of nitrogens with zero attached hydrogens (tertiary/aromatic N) is 2. The molecular formula is C17H18ClF3N2O3S2. The molecule has 0 N–H and O–H groups in total. The topological polar surface area (TPSA) is 66.8 Å². The first-order chi connectivity index (χ1) is 12.9. The van der Waals surface area contributed by atoms with Gasteiger partial charge in [0, 0.05) is 17.4 Å². The Hall–Kier alpha value is -1.26. The largest absolute Gasteiger partial charge is 0.417 e. The zero-order chi connectivity index (χ0) is 20.9. The number of amidine groups is 1. The van der Waals surface area contributed by atoms with Crippen LogP contribution in [0.1, 0.15) is 25.8 Å². The summed E-state index contributed by atoms with van der Waals surface area (Å²) < 4.78 is 63.9. The van der Waals surface area contributed by atoms with Crippen molar-refractivity contribution in [2.45, 2.75) is 37.7 Å². The molecule has 5 nitrogen and oxygen atoms in total. The highest BCUT2D eigenvalue weighted by molar-refractivity contribution is 8.16. The van der Waals surface area contributed by atoms with Crippen molar-refractivity contribution in [1.29, 1.82) is 0 Å². The monoisotopic (exact) mass is 454 g/mol. The lowest BCUT2D eigenvalue weighted by Gasteiger charge is -2.25. The number of carbonyl (C=O) groups excluding carboxylic acids is 1. The van der Waals surface area contributed by atoms with Crippen molar-refractivity contribution in [3.05, 3.63) is 28.8 Å². The zero-order valence-corrected chi connectivity index (χ0v) is 17.4. The van der Waals surface area contributed by atoms with Crippen LogP contribution >= 0.6 is 23.4 Å². The fourth-order valence-corrected chi connectivity index (χ4v) is 7.40. The van der Waals surface area contributed by atoms with E-state index in [0.717, 1.165) is 23.9 Å². The molecule has 11 heteroatoms. The first kappa shape index (κ1) is 21.4. The second-order valence-corrected chi connectivity index (χ2v) is 11.0. The van der Waals surface area contributed by atoms with Crippen molar-refractivity contribution in [3.63, 3.8) is 0 Å². The van der Waals surface area contributed by atoms with E-state index in [1.54, 1.807) is 0 Å². The predicted octanol–water partition coefficient (Wildman–Crippen LogP) is 4.01. The third-order valence-corrected chi connectivity index (χ3v) is 7.94. The van der Waals surface area contributed by atoms with Crippen LogP contribution in [-0.2, 0) is 20.8 Å². The van der Waals surface area contributed by atoms with E-state index in [9.17, 15) is 26.4 Å². The molecule has 2 atom stereocenters. The van der Waals surface area contributed by atoms with Gasteiger partial charge in [-0.3, -0.25) is 4.79 Å². The molecule has 2 aliphatic heterocycles. The lowest BCUT2D eigenvalue weighted by Crippen LogP contribution is -2.38. The summed E-state index contributed by atoms with van der Waals surface area (Å²) in [5.74, 6) is -0.624. The van der Waals surface area contributed by atoms with Crippen LogP contribution in [-0.4, -0.2) is 42.3 Å². The molecule has 0 bridgehead atoms. The minimum atomic E-state index is -4.66. The number of thioether (sulfide) groups is 1. The van der Waals surface area contributed by atoms with Crippen LogP contribution in [0.15, 0.2) is 23.2 Å². The summed E-state index contributed by atoms with van der Waals surface area (Å²) in [7, 11) is -3.31. The van der Waals surface area contributed by atoms with E-state index in [1.165, 1.54) is 11.0 Å². The van der Waals surface area contributed by atoms with E-state index in [1.807, 2.05) is 13.8 Å². The first-order valence-corrected chi connectivity index (χ1v) is 11.6. The van der Waals surface area contributed by atoms with Crippen LogP contribution in [0.4, 0.5) is 18.9 Å². The number of halogens is 4. The average Bonchev–Trinajstić information content (AvgIpc) is 2.97. The number of rotatable bonds is 3. The standard InChI is InChI=1S/C17H18ClF3N2O3S2/c1-9(2)5-15(24)22-16-23(13-7-28(25,26)8-14(13)27-16)10-3-4-12(18)11(6-10)17(19,20)21/h3-4,6,9,13-14H,5,7-8H2,1-2H3. The van der Waals surface area contributed by atoms with Crippen molar-refractivity contribution >= 4 is 50.0 Å².